The van der Waals surface area contributed by atoms with Crippen molar-refractivity contribution in [3.63, 3.8) is 0 Å². The number of nitrogens with zero attached hydrogens (tertiary/aromatic N) is 1. The number of benzene rings is 1. The summed E-state index contributed by atoms with van der Waals surface area (Å²) in [6, 6.07) is 7.35. The van der Waals surface area contributed by atoms with Gasteiger partial charge in [0.25, 0.3) is 0 Å². The van der Waals surface area contributed by atoms with Gasteiger partial charge >= 0.3 is 6.18 Å². The Hall–Kier alpha value is -2.54. The summed E-state index contributed by atoms with van der Waals surface area (Å²) in [7, 11) is 1.53. The minimum atomic E-state index is -4.37. The highest BCUT2D eigenvalue weighted by molar-refractivity contribution is 5.91. The molecule has 0 spiro atoms. The van der Waals surface area contributed by atoms with Crippen molar-refractivity contribution in [3.8, 4) is 17.1 Å². The third-order valence-corrected chi connectivity index (χ3v) is 4.35. The van der Waals surface area contributed by atoms with Crippen molar-refractivity contribution in [2.45, 2.75) is 25.4 Å². The number of methoxy groups -OCH3 is 1. The highest BCUT2D eigenvalue weighted by Crippen LogP contribution is 2.36. The van der Waals surface area contributed by atoms with Crippen LogP contribution < -0.4 is 10.5 Å². The highest BCUT2D eigenvalue weighted by Gasteiger charge is 2.31. The summed E-state index contributed by atoms with van der Waals surface area (Å²) in [5.41, 5.74) is 8.03. The van der Waals surface area contributed by atoms with E-state index >= 15 is 0 Å². The number of aromatic nitrogens is 2. The fourth-order valence-electron chi connectivity index (χ4n) is 3.03. The molecule has 0 atom stereocenters. The topological polar surface area (TPSA) is 63.9 Å². The van der Waals surface area contributed by atoms with Crippen molar-refractivity contribution >= 4 is 10.9 Å². The fraction of sp³-hybridized carbons (Fsp3) is 0.316. The zero-order valence-corrected chi connectivity index (χ0v) is 14.4. The quantitative estimate of drug-likeness (QED) is 0.632. The van der Waals surface area contributed by atoms with E-state index < -0.39 is 11.7 Å². The van der Waals surface area contributed by atoms with Crippen LogP contribution in [-0.4, -0.2) is 23.6 Å². The van der Waals surface area contributed by atoms with Gasteiger partial charge < -0.3 is 15.5 Å². The lowest BCUT2D eigenvalue weighted by atomic mass is 10.00. The summed E-state index contributed by atoms with van der Waals surface area (Å²) in [6.07, 6.45) is -0.468. The van der Waals surface area contributed by atoms with Crippen LogP contribution in [0.25, 0.3) is 22.2 Å². The molecule has 3 rings (SSSR count). The number of pyridine rings is 1. The number of halogens is 3. The number of unbranched alkanes of at least 4 members (excludes halogenated alkanes) is 1. The Morgan fingerprint density at radius 2 is 1.96 bits per heavy atom. The number of ether oxygens (including phenoxy) is 1. The maximum Gasteiger partial charge on any atom is 0.416 e. The molecule has 0 unspecified atom stereocenters. The Kier molecular flexibility index (Phi) is 5.18. The lowest BCUT2D eigenvalue weighted by Crippen LogP contribution is -2.04. The van der Waals surface area contributed by atoms with E-state index in [1.807, 2.05) is 6.07 Å². The molecule has 2 heterocycles. The van der Waals surface area contributed by atoms with Gasteiger partial charge in [-0.3, -0.25) is 0 Å². The van der Waals surface area contributed by atoms with E-state index in [9.17, 15) is 13.2 Å². The molecule has 0 aliphatic heterocycles. The van der Waals surface area contributed by atoms with Crippen molar-refractivity contribution in [2.24, 2.45) is 5.73 Å². The Labute approximate surface area is 149 Å². The number of fused-ring (bicyclic) bond motifs is 1. The Balaban J connectivity index is 2.12. The molecule has 138 valence electrons. The Morgan fingerprint density at radius 3 is 2.58 bits per heavy atom. The zero-order chi connectivity index (χ0) is 18.7. The van der Waals surface area contributed by atoms with Gasteiger partial charge in [0.1, 0.15) is 0 Å². The van der Waals surface area contributed by atoms with E-state index in [0.29, 0.717) is 29.7 Å². The number of nitrogens with two attached hydrogens (primary N) is 1. The predicted molar refractivity (Wildman–Crippen MR) is 95.1 cm³/mol. The fourth-order valence-corrected chi connectivity index (χ4v) is 3.03. The molecular formula is C19H20F3N3O. The second-order valence-corrected chi connectivity index (χ2v) is 6.07. The number of rotatable bonds is 6. The summed E-state index contributed by atoms with van der Waals surface area (Å²) < 4.78 is 44.4. The van der Waals surface area contributed by atoms with Gasteiger partial charge in [-0.15, -0.1) is 0 Å². The smallest absolute Gasteiger partial charge is 0.416 e. The number of nitrogens with one attached hydrogen (secondary N) is 1. The van der Waals surface area contributed by atoms with Gasteiger partial charge in [0.2, 0.25) is 5.88 Å². The van der Waals surface area contributed by atoms with E-state index in [4.69, 9.17) is 10.5 Å². The van der Waals surface area contributed by atoms with Gasteiger partial charge in [-0.2, -0.15) is 13.2 Å². The lowest BCUT2D eigenvalue weighted by Gasteiger charge is -2.08. The van der Waals surface area contributed by atoms with Gasteiger partial charge in [-0.25, -0.2) is 4.98 Å². The van der Waals surface area contributed by atoms with Crippen LogP contribution in [0.5, 0.6) is 5.88 Å². The average molecular weight is 363 g/mol. The molecule has 0 amide bonds. The number of hydrogen-bond acceptors (Lipinski definition) is 3. The third kappa shape index (κ3) is 3.67. The van der Waals surface area contributed by atoms with Crippen LogP contribution in [0.15, 0.2) is 36.5 Å². The molecule has 4 nitrogen and oxygen atoms in total. The number of H-pyrrole nitrogens is 1. The van der Waals surface area contributed by atoms with Crippen LogP contribution in [0.4, 0.5) is 13.2 Å². The maximum atomic E-state index is 13.1. The van der Waals surface area contributed by atoms with Gasteiger partial charge in [0.15, 0.2) is 0 Å². The van der Waals surface area contributed by atoms with E-state index in [2.05, 4.69) is 9.97 Å². The Morgan fingerprint density at radius 1 is 1.15 bits per heavy atom. The van der Waals surface area contributed by atoms with E-state index in [1.165, 1.54) is 19.2 Å². The molecule has 2 aromatic heterocycles. The van der Waals surface area contributed by atoms with Crippen LogP contribution >= 0.6 is 0 Å². The molecule has 3 N–H and O–H groups in total. The van der Waals surface area contributed by atoms with Crippen molar-refractivity contribution in [3.05, 3.63) is 47.7 Å². The first-order chi connectivity index (χ1) is 12.4. The minimum absolute atomic E-state index is 0.480. The largest absolute Gasteiger partial charge is 0.481 e. The van der Waals surface area contributed by atoms with Gasteiger partial charge in [-0.1, -0.05) is 0 Å². The number of aromatic amines is 1. The summed E-state index contributed by atoms with van der Waals surface area (Å²) >= 11 is 0. The van der Waals surface area contributed by atoms with E-state index in [1.54, 1.807) is 12.3 Å². The Bertz CT molecular complexity index is 885. The first kappa shape index (κ1) is 18.3. The van der Waals surface area contributed by atoms with Crippen molar-refractivity contribution in [2.75, 3.05) is 13.7 Å². The van der Waals surface area contributed by atoms with Crippen LogP contribution in [0.3, 0.4) is 0 Å². The molecule has 0 aliphatic rings. The summed E-state index contributed by atoms with van der Waals surface area (Å²) in [5, 5.41) is 0.586. The predicted octanol–water partition coefficient (Wildman–Crippen LogP) is 4.54. The molecule has 0 saturated heterocycles. The average Bonchev–Trinajstić information content (AvgIpc) is 2.99. The second kappa shape index (κ2) is 7.37. The molecule has 7 heteroatoms. The first-order valence-electron chi connectivity index (χ1n) is 8.36. The van der Waals surface area contributed by atoms with E-state index in [0.717, 1.165) is 35.7 Å². The second-order valence-electron chi connectivity index (χ2n) is 6.07. The van der Waals surface area contributed by atoms with Crippen molar-refractivity contribution < 1.29 is 17.9 Å². The maximum absolute atomic E-state index is 13.1. The summed E-state index contributed by atoms with van der Waals surface area (Å²) in [4.78, 5) is 7.44. The van der Waals surface area contributed by atoms with Gasteiger partial charge in [0.05, 0.1) is 18.4 Å². The number of aryl methyl sites for hydroxylation is 1. The highest BCUT2D eigenvalue weighted by atomic mass is 19.4. The molecule has 1 aromatic carbocycles. The number of hydrogen-bond donors (Lipinski definition) is 2. The molecule has 0 aliphatic carbocycles. The minimum Gasteiger partial charge on any atom is -0.481 e. The van der Waals surface area contributed by atoms with Crippen LogP contribution in [0, 0.1) is 0 Å². The summed E-state index contributed by atoms with van der Waals surface area (Å²) in [5.74, 6) is 0.480. The SMILES string of the molecule is COc1ccc(-c2[nH]c3ccc(C(F)(F)F)cc3c2CCCCN)cn1. The number of alkyl halides is 3. The summed E-state index contributed by atoms with van der Waals surface area (Å²) in [6.45, 7) is 0.551. The molecule has 0 radical (unpaired) electrons. The first-order valence-corrected chi connectivity index (χ1v) is 8.36. The molecular weight excluding hydrogens is 343 g/mol. The van der Waals surface area contributed by atoms with Crippen LogP contribution in [0.2, 0.25) is 0 Å². The zero-order valence-electron chi connectivity index (χ0n) is 14.4. The molecule has 0 saturated carbocycles. The molecule has 0 bridgehead atoms. The molecule has 0 fully saturated rings. The normalized spacial score (nSPS) is 11.9. The third-order valence-electron chi connectivity index (χ3n) is 4.35. The monoisotopic (exact) mass is 363 g/mol. The lowest BCUT2D eigenvalue weighted by molar-refractivity contribution is -0.137. The van der Waals surface area contributed by atoms with Gasteiger partial charge in [0, 0.05) is 28.7 Å². The molecule has 3 aromatic rings. The van der Waals surface area contributed by atoms with Gasteiger partial charge in [-0.05, 0) is 55.6 Å². The van der Waals surface area contributed by atoms with Crippen molar-refractivity contribution in [1.29, 1.82) is 0 Å². The van der Waals surface area contributed by atoms with Crippen LogP contribution in [0.1, 0.15) is 24.0 Å². The van der Waals surface area contributed by atoms with Crippen molar-refractivity contribution in [1.82, 2.24) is 9.97 Å². The van der Waals surface area contributed by atoms with Crippen LogP contribution in [-0.2, 0) is 12.6 Å². The standard InChI is InChI=1S/C19H20F3N3O/c1-26-17-8-5-12(11-24-17)18-14(4-2-3-9-23)15-10-13(19(20,21)22)6-7-16(15)25-18/h5-8,10-11,25H,2-4,9,23H2,1H3. The van der Waals surface area contributed by atoms with E-state index in [-0.39, 0.29) is 0 Å². The molecule has 26 heavy (non-hydrogen) atoms.